The number of thiophene rings is 1. The summed E-state index contributed by atoms with van der Waals surface area (Å²) in [6, 6.07) is 12.3. The average Bonchev–Trinajstić information content (AvgIpc) is 3.12. The Morgan fingerprint density at radius 3 is 2.46 bits per heavy atom. The number of ether oxygens (including phenoxy) is 1. The Labute approximate surface area is 164 Å². The second-order valence-corrected chi connectivity index (χ2v) is 7.32. The van der Waals surface area contributed by atoms with Gasteiger partial charge in [-0.1, -0.05) is 35.3 Å². The van der Waals surface area contributed by atoms with Crippen LogP contribution in [0.1, 0.15) is 11.1 Å². The van der Waals surface area contributed by atoms with Crippen molar-refractivity contribution in [3.63, 3.8) is 0 Å². The van der Waals surface area contributed by atoms with E-state index < -0.39 is 12.6 Å². The van der Waals surface area contributed by atoms with E-state index in [4.69, 9.17) is 33.0 Å². The van der Waals surface area contributed by atoms with E-state index in [1.807, 2.05) is 29.6 Å². The second kappa shape index (κ2) is 7.99. The van der Waals surface area contributed by atoms with Gasteiger partial charge in [0, 0.05) is 26.9 Å². The molecule has 4 nitrogen and oxygen atoms in total. The largest absolute Gasteiger partial charge is 0.507 e. The monoisotopic (exact) mass is 408 g/mol. The Kier molecular flexibility index (Phi) is 5.71. The third-order valence-corrected chi connectivity index (χ3v) is 5.28. The lowest BCUT2D eigenvalue weighted by Gasteiger charge is -2.12. The molecule has 0 aliphatic carbocycles. The van der Waals surface area contributed by atoms with E-state index in [0.717, 1.165) is 16.0 Å². The van der Waals surface area contributed by atoms with Gasteiger partial charge < -0.3 is 14.9 Å². The quantitative estimate of drug-likeness (QED) is 0.566. The van der Waals surface area contributed by atoms with Gasteiger partial charge in [0.15, 0.2) is 6.61 Å². The molecule has 0 aliphatic rings. The van der Waals surface area contributed by atoms with Crippen LogP contribution in [-0.2, 0) is 11.2 Å². The first-order valence-corrected chi connectivity index (χ1v) is 9.26. The predicted octanol–water partition coefficient (Wildman–Crippen LogP) is 5.48. The van der Waals surface area contributed by atoms with Gasteiger partial charge in [0.1, 0.15) is 11.5 Å². The van der Waals surface area contributed by atoms with E-state index in [1.165, 1.54) is 0 Å². The lowest BCUT2D eigenvalue weighted by Crippen LogP contribution is -2.09. The third kappa shape index (κ3) is 4.30. The third-order valence-electron chi connectivity index (χ3n) is 3.71. The van der Waals surface area contributed by atoms with Gasteiger partial charge in [-0.2, -0.15) is 0 Å². The van der Waals surface area contributed by atoms with Crippen molar-refractivity contribution in [2.24, 2.45) is 0 Å². The molecule has 1 aromatic heterocycles. The second-order valence-electron chi connectivity index (χ2n) is 5.55. The van der Waals surface area contributed by atoms with Crippen LogP contribution in [0.5, 0.6) is 11.5 Å². The molecule has 1 heterocycles. The molecule has 0 aliphatic heterocycles. The van der Waals surface area contributed by atoms with Crippen molar-refractivity contribution in [1.29, 1.82) is 0 Å². The Morgan fingerprint density at radius 2 is 1.85 bits per heavy atom. The molecule has 0 atom stereocenters. The van der Waals surface area contributed by atoms with Crippen LogP contribution in [0.3, 0.4) is 0 Å². The number of hydrogen-bond acceptors (Lipinski definition) is 4. The van der Waals surface area contributed by atoms with Crippen LogP contribution >= 0.6 is 34.5 Å². The molecule has 0 spiro atoms. The summed E-state index contributed by atoms with van der Waals surface area (Å²) in [4.78, 5) is 11.6. The highest BCUT2D eigenvalue weighted by Gasteiger charge is 2.13. The minimum atomic E-state index is -1.08. The van der Waals surface area contributed by atoms with Crippen LogP contribution in [0.15, 0.2) is 47.8 Å². The van der Waals surface area contributed by atoms with Gasteiger partial charge in [0.2, 0.25) is 0 Å². The molecule has 0 saturated carbocycles. The summed E-state index contributed by atoms with van der Waals surface area (Å²) in [6.45, 7) is -0.464. The van der Waals surface area contributed by atoms with Gasteiger partial charge in [-0.05, 0) is 46.8 Å². The SMILES string of the molecule is O=C(O)COc1cc(Cl)c(Cc2ccc(O)c(-c3cccs3)c2)c(Cl)c1. The first kappa shape index (κ1) is 18.6. The molecular weight excluding hydrogens is 395 g/mol. The fraction of sp³-hybridized carbons (Fsp3) is 0.105. The van der Waals surface area contributed by atoms with Crippen LogP contribution in [0.4, 0.5) is 0 Å². The van der Waals surface area contributed by atoms with Crippen molar-refractivity contribution in [2.75, 3.05) is 6.61 Å². The maximum absolute atomic E-state index is 10.6. The molecule has 0 bridgehead atoms. The number of carboxylic acid groups (broad SMARTS) is 1. The topological polar surface area (TPSA) is 66.8 Å². The Balaban J connectivity index is 1.87. The van der Waals surface area contributed by atoms with Crippen molar-refractivity contribution >= 4 is 40.5 Å². The standard InChI is InChI=1S/C19H14Cl2O4S/c20-15-8-12(25-10-19(23)24)9-16(21)13(15)6-11-3-4-17(22)14(7-11)18-2-1-5-26-18/h1-5,7-9,22H,6,10H2,(H,23,24). The summed E-state index contributed by atoms with van der Waals surface area (Å²) in [6.07, 6.45) is 0.468. The van der Waals surface area contributed by atoms with Crippen molar-refractivity contribution in [3.05, 3.63) is 69.0 Å². The summed E-state index contributed by atoms with van der Waals surface area (Å²) in [5.74, 6) is -0.562. The molecule has 7 heteroatoms. The fourth-order valence-corrected chi connectivity index (χ4v) is 3.86. The van der Waals surface area contributed by atoms with Crippen molar-refractivity contribution in [1.82, 2.24) is 0 Å². The first-order chi connectivity index (χ1) is 12.4. The molecule has 0 fully saturated rings. The van der Waals surface area contributed by atoms with Crippen LogP contribution in [0.2, 0.25) is 10.0 Å². The minimum absolute atomic E-state index is 0.214. The molecule has 26 heavy (non-hydrogen) atoms. The Bertz CT molecular complexity index is 916. The first-order valence-electron chi connectivity index (χ1n) is 7.62. The number of benzene rings is 2. The fourth-order valence-electron chi connectivity index (χ4n) is 2.50. The summed E-state index contributed by atoms with van der Waals surface area (Å²) in [5.41, 5.74) is 2.40. The van der Waals surface area contributed by atoms with Gasteiger partial charge in [-0.15, -0.1) is 11.3 Å². The van der Waals surface area contributed by atoms with E-state index in [-0.39, 0.29) is 5.75 Å². The van der Waals surface area contributed by atoms with Crippen molar-refractivity contribution in [2.45, 2.75) is 6.42 Å². The molecule has 2 aromatic carbocycles. The number of phenolic OH excluding ortho intramolecular Hbond substituents is 1. The van der Waals surface area contributed by atoms with E-state index in [2.05, 4.69) is 0 Å². The zero-order valence-electron chi connectivity index (χ0n) is 13.4. The highest BCUT2D eigenvalue weighted by atomic mass is 35.5. The van der Waals surface area contributed by atoms with E-state index in [1.54, 1.807) is 29.5 Å². The van der Waals surface area contributed by atoms with Gasteiger partial charge in [-0.3, -0.25) is 0 Å². The molecule has 0 radical (unpaired) electrons. The number of halogens is 2. The van der Waals surface area contributed by atoms with Crippen LogP contribution < -0.4 is 4.74 Å². The zero-order valence-corrected chi connectivity index (χ0v) is 15.7. The average molecular weight is 409 g/mol. The lowest BCUT2D eigenvalue weighted by molar-refractivity contribution is -0.139. The molecule has 0 saturated heterocycles. The smallest absolute Gasteiger partial charge is 0.341 e. The van der Waals surface area contributed by atoms with Crippen molar-refractivity contribution in [3.8, 4) is 21.9 Å². The molecule has 2 N–H and O–H groups in total. The summed E-state index contributed by atoms with van der Waals surface area (Å²) < 4.78 is 5.12. The minimum Gasteiger partial charge on any atom is -0.507 e. The number of carboxylic acids is 1. The number of carbonyl (C=O) groups is 1. The Morgan fingerprint density at radius 1 is 1.12 bits per heavy atom. The molecule has 134 valence electrons. The summed E-state index contributed by atoms with van der Waals surface area (Å²) in [5, 5.41) is 21.5. The normalized spacial score (nSPS) is 10.7. The van der Waals surface area contributed by atoms with E-state index in [9.17, 15) is 9.90 Å². The van der Waals surface area contributed by atoms with Gasteiger partial charge >= 0.3 is 5.97 Å². The van der Waals surface area contributed by atoms with Crippen LogP contribution in [0.25, 0.3) is 10.4 Å². The van der Waals surface area contributed by atoms with Gasteiger partial charge in [0.05, 0.1) is 0 Å². The lowest BCUT2D eigenvalue weighted by atomic mass is 10.0. The van der Waals surface area contributed by atoms with Gasteiger partial charge in [0.25, 0.3) is 0 Å². The number of rotatable bonds is 6. The highest BCUT2D eigenvalue weighted by Crippen LogP contribution is 2.36. The molecule has 0 unspecified atom stereocenters. The van der Waals surface area contributed by atoms with Crippen molar-refractivity contribution < 1.29 is 19.7 Å². The van der Waals surface area contributed by atoms with E-state index >= 15 is 0 Å². The predicted molar refractivity (Wildman–Crippen MR) is 104 cm³/mol. The molecule has 3 aromatic rings. The number of phenols is 1. The highest BCUT2D eigenvalue weighted by molar-refractivity contribution is 7.13. The number of aliphatic carboxylic acids is 1. The van der Waals surface area contributed by atoms with Crippen LogP contribution in [0, 0.1) is 0 Å². The molecule has 0 amide bonds. The zero-order chi connectivity index (χ0) is 18.7. The molecular formula is C19H14Cl2O4S. The molecule has 3 rings (SSSR count). The summed E-state index contributed by atoms with van der Waals surface area (Å²) in [7, 11) is 0. The van der Waals surface area contributed by atoms with Gasteiger partial charge in [-0.25, -0.2) is 4.79 Å². The summed E-state index contributed by atoms with van der Waals surface area (Å²) >= 11 is 14.2. The maximum Gasteiger partial charge on any atom is 0.341 e. The Hall–Kier alpha value is -2.21. The van der Waals surface area contributed by atoms with Crippen LogP contribution in [-0.4, -0.2) is 22.8 Å². The maximum atomic E-state index is 10.6. The van der Waals surface area contributed by atoms with E-state index in [0.29, 0.717) is 27.8 Å². The number of hydrogen-bond donors (Lipinski definition) is 2. The number of aromatic hydroxyl groups is 1.